The van der Waals surface area contributed by atoms with Crippen molar-refractivity contribution in [1.82, 2.24) is 14.6 Å². The minimum Gasteiger partial charge on any atom is -0.488 e. The first kappa shape index (κ1) is 15.9. The molecule has 0 amide bonds. The van der Waals surface area contributed by atoms with Gasteiger partial charge >= 0.3 is 0 Å². The zero-order valence-electron chi connectivity index (χ0n) is 14.5. The zero-order chi connectivity index (χ0) is 18.2. The summed E-state index contributed by atoms with van der Waals surface area (Å²) in [6.07, 6.45) is 1.75. The number of aromatic nitrogens is 3. The minimum atomic E-state index is 0.501. The van der Waals surface area contributed by atoms with E-state index in [4.69, 9.17) is 13.9 Å². The smallest absolute Gasteiger partial charge is 0.294 e. The summed E-state index contributed by atoms with van der Waals surface area (Å²) in [5.74, 6) is 1.46. The number of ether oxygens (including phenoxy) is 2. The number of nitrogens with zero attached hydrogens (tertiary/aromatic N) is 3. The summed E-state index contributed by atoms with van der Waals surface area (Å²) in [5, 5.41) is 5.87. The van der Waals surface area contributed by atoms with E-state index in [0.717, 1.165) is 32.9 Å². The molecule has 3 aromatic heterocycles. The number of hydrogen-bond donors (Lipinski definition) is 0. The molecule has 0 fully saturated rings. The van der Waals surface area contributed by atoms with Crippen LogP contribution in [0.5, 0.6) is 10.9 Å². The van der Waals surface area contributed by atoms with Crippen LogP contribution in [0.2, 0.25) is 0 Å². The summed E-state index contributed by atoms with van der Waals surface area (Å²) in [6, 6.07) is 17.8. The molecule has 5 aromatic rings. The van der Waals surface area contributed by atoms with Crippen LogP contribution in [0.15, 0.2) is 65.2 Å². The topological polar surface area (TPSA) is 61.8 Å². The fourth-order valence-corrected chi connectivity index (χ4v) is 3.64. The van der Waals surface area contributed by atoms with E-state index in [1.165, 1.54) is 11.3 Å². The number of furan rings is 1. The highest BCUT2D eigenvalue weighted by Gasteiger charge is 2.17. The number of rotatable bonds is 5. The summed E-state index contributed by atoms with van der Waals surface area (Å²) >= 11 is 1.38. The van der Waals surface area contributed by atoms with Gasteiger partial charge in [0, 0.05) is 0 Å². The number of benzene rings is 2. The van der Waals surface area contributed by atoms with E-state index in [0.29, 0.717) is 17.6 Å². The minimum absolute atomic E-state index is 0.501. The zero-order valence-corrected chi connectivity index (χ0v) is 15.3. The Hall–Kier alpha value is -3.32. The van der Waals surface area contributed by atoms with Gasteiger partial charge in [-0.3, -0.25) is 0 Å². The average Bonchev–Trinajstić information content (AvgIpc) is 3.40. The maximum atomic E-state index is 6.04. The van der Waals surface area contributed by atoms with Gasteiger partial charge in [0.2, 0.25) is 4.96 Å². The standard InChI is InChI=1S/C20H15N3O3S/c1-24-20-22-23-15(11-21-19(23)27-20)18-10-14-16(8-5-9-17(14)26-18)25-12-13-6-3-2-4-7-13/h2-11H,12H2,1H3. The number of fused-ring (bicyclic) bond motifs is 2. The van der Waals surface area contributed by atoms with Crippen LogP contribution in [0.4, 0.5) is 0 Å². The molecule has 0 aliphatic rings. The molecule has 0 unspecified atom stereocenters. The lowest BCUT2D eigenvalue weighted by molar-refractivity contribution is 0.310. The van der Waals surface area contributed by atoms with Gasteiger partial charge in [0.1, 0.15) is 23.6 Å². The van der Waals surface area contributed by atoms with Gasteiger partial charge in [-0.25, -0.2) is 4.98 Å². The van der Waals surface area contributed by atoms with Crippen LogP contribution in [-0.4, -0.2) is 21.7 Å². The van der Waals surface area contributed by atoms with Gasteiger partial charge < -0.3 is 13.9 Å². The molecule has 3 heterocycles. The molecular formula is C20H15N3O3S. The van der Waals surface area contributed by atoms with Crippen molar-refractivity contribution >= 4 is 27.3 Å². The molecule has 0 atom stereocenters. The summed E-state index contributed by atoms with van der Waals surface area (Å²) in [6.45, 7) is 0.501. The highest BCUT2D eigenvalue weighted by Crippen LogP contribution is 2.35. The van der Waals surface area contributed by atoms with Crippen molar-refractivity contribution in [2.75, 3.05) is 7.11 Å². The molecule has 0 radical (unpaired) electrons. The third kappa shape index (κ3) is 2.82. The molecule has 0 saturated carbocycles. The van der Waals surface area contributed by atoms with Gasteiger partial charge in [-0.15, -0.1) is 5.10 Å². The molecule has 0 aliphatic carbocycles. The Morgan fingerprint density at radius 3 is 2.85 bits per heavy atom. The molecule has 7 heteroatoms. The van der Waals surface area contributed by atoms with Gasteiger partial charge in [-0.1, -0.05) is 36.4 Å². The second kappa shape index (κ2) is 6.44. The molecule has 0 bridgehead atoms. The van der Waals surface area contributed by atoms with Crippen LogP contribution in [0.1, 0.15) is 5.56 Å². The van der Waals surface area contributed by atoms with E-state index < -0.39 is 0 Å². The second-order valence-electron chi connectivity index (χ2n) is 5.96. The van der Waals surface area contributed by atoms with E-state index in [1.54, 1.807) is 17.8 Å². The Morgan fingerprint density at radius 2 is 2.00 bits per heavy atom. The van der Waals surface area contributed by atoms with Crippen LogP contribution in [0.3, 0.4) is 0 Å². The molecule has 0 saturated heterocycles. The Kier molecular flexibility index (Phi) is 3.79. The van der Waals surface area contributed by atoms with Crippen LogP contribution in [0, 0.1) is 0 Å². The number of imidazole rings is 1. The van der Waals surface area contributed by atoms with Crippen LogP contribution in [-0.2, 0) is 6.61 Å². The Morgan fingerprint density at radius 1 is 1.11 bits per heavy atom. The van der Waals surface area contributed by atoms with Crippen molar-refractivity contribution in [3.8, 4) is 22.4 Å². The molecule has 2 aromatic carbocycles. The molecule has 5 rings (SSSR count). The molecule has 27 heavy (non-hydrogen) atoms. The van der Waals surface area contributed by atoms with Gasteiger partial charge in [-0.2, -0.15) is 4.52 Å². The molecular weight excluding hydrogens is 362 g/mol. The predicted molar refractivity (Wildman–Crippen MR) is 103 cm³/mol. The Bertz CT molecular complexity index is 1220. The number of methoxy groups -OCH3 is 1. The van der Waals surface area contributed by atoms with Gasteiger partial charge in [0.15, 0.2) is 5.76 Å². The largest absolute Gasteiger partial charge is 0.488 e. The first-order chi connectivity index (χ1) is 13.3. The highest BCUT2D eigenvalue weighted by atomic mass is 32.1. The van der Waals surface area contributed by atoms with Crippen molar-refractivity contribution in [3.63, 3.8) is 0 Å². The summed E-state index contributed by atoms with van der Waals surface area (Å²) in [4.78, 5) is 5.13. The van der Waals surface area contributed by atoms with Gasteiger partial charge in [0.05, 0.1) is 18.7 Å². The van der Waals surface area contributed by atoms with Crippen molar-refractivity contribution in [2.24, 2.45) is 0 Å². The van der Waals surface area contributed by atoms with E-state index in [-0.39, 0.29) is 0 Å². The van der Waals surface area contributed by atoms with Crippen molar-refractivity contribution < 1.29 is 13.9 Å². The van der Waals surface area contributed by atoms with Crippen LogP contribution < -0.4 is 9.47 Å². The van der Waals surface area contributed by atoms with Crippen molar-refractivity contribution in [2.45, 2.75) is 6.61 Å². The summed E-state index contributed by atoms with van der Waals surface area (Å²) in [5.41, 5.74) is 2.65. The second-order valence-corrected chi connectivity index (χ2v) is 6.88. The van der Waals surface area contributed by atoms with E-state index >= 15 is 0 Å². The lowest BCUT2D eigenvalue weighted by Crippen LogP contribution is -1.94. The average molecular weight is 377 g/mol. The maximum Gasteiger partial charge on any atom is 0.294 e. The van der Waals surface area contributed by atoms with Crippen molar-refractivity contribution in [1.29, 1.82) is 0 Å². The van der Waals surface area contributed by atoms with E-state index in [9.17, 15) is 0 Å². The fraction of sp³-hybridized carbons (Fsp3) is 0.100. The lowest BCUT2D eigenvalue weighted by atomic mass is 10.2. The normalized spacial score (nSPS) is 11.3. The molecule has 0 N–H and O–H groups in total. The Labute approximate surface area is 158 Å². The first-order valence-corrected chi connectivity index (χ1v) is 9.22. The van der Waals surface area contributed by atoms with Crippen molar-refractivity contribution in [3.05, 3.63) is 66.4 Å². The lowest BCUT2D eigenvalue weighted by Gasteiger charge is -2.06. The summed E-state index contributed by atoms with van der Waals surface area (Å²) in [7, 11) is 1.59. The van der Waals surface area contributed by atoms with Gasteiger partial charge in [-0.05, 0) is 35.1 Å². The first-order valence-electron chi connectivity index (χ1n) is 8.40. The van der Waals surface area contributed by atoms with E-state index in [2.05, 4.69) is 10.1 Å². The fourth-order valence-electron chi connectivity index (χ4n) is 2.95. The van der Waals surface area contributed by atoms with Crippen LogP contribution >= 0.6 is 11.3 Å². The quantitative estimate of drug-likeness (QED) is 0.441. The molecule has 0 spiro atoms. The number of hydrogen-bond acceptors (Lipinski definition) is 6. The Balaban J connectivity index is 1.52. The van der Waals surface area contributed by atoms with Crippen LogP contribution in [0.25, 0.3) is 27.4 Å². The molecule has 0 aliphatic heterocycles. The third-order valence-corrected chi connectivity index (χ3v) is 5.14. The third-order valence-electron chi connectivity index (χ3n) is 4.25. The highest BCUT2D eigenvalue weighted by molar-refractivity contribution is 7.18. The molecule has 134 valence electrons. The SMILES string of the molecule is COc1nn2c(-c3cc4c(OCc5ccccc5)cccc4o3)cnc2s1. The molecule has 6 nitrogen and oxygen atoms in total. The summed E-state index contributed by atoms with van der Waals surface area (Å²) < 4.78 is 19.0. The van der Waals surface area contributed by atoms with E-state index in [1.807, 2.05) is 54.6 Å². The van der Waals surface area contributed by atoms with Gasteiger partial charge in [0.25, 0.3) is 5.19 Å². The maximum absolute atomic E-state index is 6.04. The predicted octanol–water partition coefficient (Wildman–Crippen LogP) is 4.79. The monoisotopic (exact) mass is 377 g/mol.